The van der Waals surface area contributed by atoms with E-state index < -0.39 is 11.8 Å². The topological polar surface area (TPSA) is 85.1 Å². The summed E-state index contributed by atoms with van der Waals surface area (Å²) in [7, 11) is 1.65. The minimum absolute atomic E-state index is 0.187. The smallest absolute Gasteiger partial charge is 0.295 e. The number of amides is 2. The number of imidazole rings is 1. The molecule has 7 heteroatoms. The van der Waals surface area contributed by atoms with Crippen LogP contribution in [-0.2, 0) is 18.4 Å². The fourth-order valence-corrected chi connectivity index (χ4v) is 2.96. The zero-order valence-electron chi connectivity index (χ0n) is 14.9. The normalized spacial score (nSPS) is 10.7. The zero-order valence-corrected chi connectivity index (χ0v) is 14.9. The molecule has 0 fully saturated rings. The van der Waals surface area contributed by atoms with Gasteiger partial charge in [0.2, 0.25) is 0 Å². The predicted molar refractivity (Wildman–Crippen MR) is 98.7 cm³/mol. The van der Waals surface area contributed by atoms with Crippen LogP contribution in [0.25, 0.3) is 11.0 Å². The molecule has 1 aromatic heterocycles. The molecule has 7 nitrogen and oxygen atoms in total. The molecule has 134 valence electrons. The number of aryl methyl sites for hydroxylation is 3. The van der Waals surface area contributed by atoms with E-state index in [9.17, 15) is 14.4 Å². The Morgan fingerprint density at radius 3 is 2.38 bits per heavy atom. The number of benzene rings is 2. The van der Waals surface area contributed by atoms with E-state index in [0.29, 0.717) is 11.1 Å². The number of fused-ring (bicyclic) bond motifs is 1. The van der Waals surface area contributed by atoms with Gasteiger partial charge in [-0.2, -0.15) is 0 Å². The highest BCUT2D eigenvalue weighted by atomic mass is 16.2. The number of hydrazine groups is 1. The van der Waals surface area contributed by atoms with Crippen LogP contribution in [0.5, 0.6) is 0 Å². The number of hydrogen-bond acceptors (Lipinski definition) is 3. The average molecular weight is 352 g/mol. The summed E-state index contributed by atoms with van der Waals surface area (Å²) in [6.45, 7) is 3.59. The molecule has 2 aromatic carbocycles. The summed E-state index contributed by atoms with van der Waals surface area (Å²) in [5, 5.41) is 0. The molecule has 0 saturated heterocycles. The fourth-order valence-electron chi connectivity index (χ4n) is 2.96. The first-order chi connectivity index (χ1) is 12.4. The van der Waals surface area contributed by atoms with E-state index >= 15 is 0 Å². The van der Waals surface area contributed by atoms with Crippen LogP contribution in [-0.4, -0.2) is 20.9 Å². The standard InChI is InChI=1S/C19H20N4O3/c1-12-8-9-14(13(2)10-12)18(25)21-20-17(24)11-23-16-7-5-4-6-15(16)22(3)19(23)26/h4-10H,11H2,1-3H3,(H,20,24)(H,21,25). The summed E-state index contributed by atoms with van der Waals surface area (Å²) < 4.78 is 2.85. The van der Waals surface area contributed by atoms with Gasteiger partial charge in [-0.15, -0.1) is 0 Å². The van der Waals surface area contributed by atoms with Gasteiger partial charge in [0.05, 0.1) is 11.0 Å². The minimum Gasteiger partial charge on any atom is -0.295 e. The number of hydrogen-bond donors (Lipinski definition) is 2. The van der Waals surface area contributed by atoms with Crippen LogP contribution in [0.15, 0.2) is 47.3 Å². The number of carbonyl (C=O) groups is 2. The van der Waals surface area contributed by atoms with Crippen LogP contribution in [0.1, 0.15) is 21.5 Å². The van der Waals surface area contributed by atoms with Crippen LogP contribution in [0.3, 0.4) is 0 Å². The molecule has 0 aliphatic carbocycles. The summed E-state index contributed by atoms with van der Waals surface area (Å²) in [4.78, 5) is 36.7. The van der Waals surface area contributed by atoms with Crippen molar-refractivity contribution in [3.8, 4) is 0 Å². The van der Waals surface area contributed by atoms with Gasteiger partial charge in [0.25, 0.3) is 11.8 Å². The second kappa shape index (κ2) is 6.87. The third kappa shape index (κ3) is 3.23. The summed E-state index contributed by atoms with van der Waals surface area (Å²) in [6, 6.07) is 12.7. The molecule has 2 amide bonds. The molecule has 0 unspecified atom stereocenters. The highest BCUT2D eigenvalue weighted by molar-refractivity contribution is 5.96. The maximum Gasteiger partial charge on any atom is 0.329 e. The summed E-state index contributed by atoms with van der Waals surface area (Å²) in [6.07, 6.45) is 0. The molecule has 0 radical (unpaired) electrons. The largest absolute Gasteiger partial charge is 0.329 e. The lowest BCUT2D eigenvalue weighted by molar-refractivity contribution is -0.122. The van der Waals surface area contributed by atoms with E-state index in [1.54, 1.807) is 25.2 Å². The van der Waals surface area contributed by atoms with Crippen molar-refractivity contribution >= 4 is 22.8 Å². The number of nitrogens with one attached hydrogen (secondary N) is 2. The van der Waals surface area contributed by atoms with Gasteiger partial charge in [0.15, 0.2) is 0 Å². The van der Waals surface area contributed by atoms with Gasteiger partial charge in [0.1, 0.15) is 6.54 Å². The molecule has 26 heavy (non-hydrogen) atoms. The summed E-state index contributed by atoms with van der Waals surface area (Å²) >= 11 is 0. The first-order valence-electron chi connectivity index (χ1n) is 8.19. The SMILES string of the molecule is Cc1ccc(C(=O)NNC(=O)Cn2c(=O)n(C)c3ccccc32)c(C)c1. The Hall–Kier alpha value is -3.35. The summed E-state index contributed by atoms with van der Waals surface area (Å²) in [5.74, 6) is -0.886. The third-order valence-corrected chi connectivity index (χ3v) is 4.30. The Labute approximate surface area is 150 Å². The van der Waals surface area contributed by atoms with Gasteiger partial charge < -0.3 is 0 Å². The molecular formula is C19H20N4O3. The molecule has 0 aliphatic heterocycles. The molecule has 1 heterocycles. The molecule has 0 spiro atoms. The molecule has 0 saturated carbocycles. The van der Waals surface area contributed by atoms with Gasteiger partial charge in [-0.3, -0.25) is 29.6 Å². The molecular weight excluding hydrogens is 332 g/mol. The predicted octanol–water partition coefficient (Wildman–Crippen LogP) is 1.42. The van der Waals surface area contributed by atoms with Crippen LogP contribution < -0.4 is 16.5 Å². The monoisotopic (exact) mass is 352 g/mol. The highest BCUT2D eigenvalue weighted by Gasteiger charge is 2.14. The van der Waals surface area contributed by atoms with Crippen LogP contribution in [0.4, 0.5) is 0 Å². The van der Waals surface area contributed by atoms with Crippen LogP contribution in [0.2, 0.25) is 0 Å². The van der Waals surface area contributed by atoms with E-state index in [4.69, 9.17) is 0 Å². The Balaban J connectivity index is 1.71. The molecule has 3 aromatic rings. The van der Waals surface area contributed by atoms with Crippen LogP contribution >= 0.6 is 0 Å². The average Bonchev–Trinajstić information content (AvgIpc) is 2.85. The summed E-state index contributed by atoms with van der Waals surface area (Å²) in [5.41, 5.74) is 8.23. The lowest BCUT2D eigenvalue weighted by Gasteiger charge is -2.10. The van der Waals surface area contributed by atoms with Crippen molar-refractivity contribution in [1.82, 2.24) is 20.0 Å². The van der Waals surface area contributed by atoms with Crippen molar-refractivity contribution in [3.05, 3.63) is 69.6 Å². The van der Waals surface area contributed by atoms with E-state index in [-0.39, 0.29) is 12.2 Å². The number of para-hydroxylation sites is 2. The quantitative estimate of drug-likeness (QED) is 0.699. The van der Waals surface area contributed by atoms with Gasteiger partial charge in [-0.1, -0.05) is 29.8 Å². The Morgan fingerprint density at radius 1 is 1.00 bits per heavy atom. The van der Waals surface area contributed by atoms with Crippen molar-refractivity contribution in [3.63, 3.8) is 0 Å². The Morgan fingerprint density at radius 2 is 1.69 bits per heavy atom. The maximum atomic E-state index is 12.3. The van der Waals surface area contributed by atoms with Crippen molar-refractivity contribution in [1.29, 1.82) is 0 Å². The van der Waals surface area contributed by atoms with Crippen molar-refractivity contribution in [2.24, 2.45) is 7.05 Å². The second-order valence-corrected chi connectivity index (χ2v) is 6.24. The van der Waals surface area contributed by atoms with E-state index in [0.717, 1.165) is 16.6 Å². The first kappa shape index (κ1) is 17.5. The fraction of sp³-hybridized carbons (Fsp3) is 0.211. The maximum absolute atomic E-state index is 12.3. The van der Waals surface area contributed by atoms with Crippen molar-refractivity contribution in [2.75, 3.05) is 0 Å². The van der Waals surface area contributed by atoms with Crippen molar-refractivity contribution in [2.45, 2.75) is 20.4 Å². The molecule has 0 atom stereocenters. The van der Waals surface area contributed by atoms with E-state index in [2.05, 4.69) is 10.9 Å². The second-order valence-electron chi connectivity index (χ2n) is 6.24. The van der Waals surface area contributed by atoms with Crippen LogP contribution in [0, 0.1) is 13.8 Å². The van der Waals surface area contributed by atoms with Gasteiger partial charge in [-0.05, 0) is 37.6 Å². The molecule has 0 bridgehead atoms. The van der Waals surface area contributed by atoms with Gasteiger partial charge in [0, 0.05) is 12.6 Å². The zero-order chi connectivity index (χ0) is 18.8. The Bertz CT molecular complexity index is 1060. The first-order valence-corrected chi connectivity index (χ1v) is 8.19. The third-order valence-electron chi connectivity index (χ3n) is 4.30. The lowest BCUT2D eigenvalue weighted by atomic mass is 10.1. The Kier molecular flexibility index (Phi) is 4.62. The molecule has 3 rings (SSSR count). The highest BCUT2D eigenvalue weighted by Crippen LogP contribution is 2.11. The number of nitrogens with zero attached hydrogens (tertiary/aromatic N) is 2. The van der Waals surface area contributed by atoms with E-state index in [1.165, 1.54) is 9.13 Å². The van der Waals surface area contributed by atoms with Gasteiger partial charge in [-0.25, -0.2) is 4.79 Å². The van der Waals surface area contributed by atoms with Gasteiger partial charge >= 0.3 is 5.69 Å². The van der Waals surface area contributed by atoms with Crippen molar-refractivity contribution < 1.29 is 9.59 Å². The molecule has 0 aliphatic rings. The number of carbonyl (C=O) groups excluding carboxylic acids is 2. The van der Waals surface area contributed by atoms with E-state index in [1.807, 2.05) is 38.1 Å². The lowest BCUT2D eigenvalue weighted by Crippen LogP contribution is -2.44. The number of rotatable bonds is 3. The molecule has 2 N–H and O–H groups in total. The minimum atomic E-state index is -0.485. The number of aromatic nitrogens is 2.